The maximum Gasteiger partial charge on any atom is 0.0628 e. The molecule has 1 heteroatoms. The molecule has 90 valence electrons. The van der Waals surface area contributed by atoms with Gasteiger partial charge in [-0.2, -0.15) is 0 Å². The summed E-state index contributed by atoms with van der Waals surface area (Å²) in [6.45, 7) is 8.43. The van der Waals surface area contributed by atoms with Gasteiger partial charge in [-0.1, -0.05) is 22.8 Å². The molecule has 0 aliphatic heterocycles. The Morgan fingerprint density at radius 3 is 2.50 bits per heavy atom. The van der Waals surface area contributed by atoms with E-state index in [4.69, 9.17) is 0 Å². The molecule has 2 rings (SSSR count). The van der Waals surface area contributed by atoms with Crippen LogP contribution in [0.5, 0.6) is 0 Å². The van der Waals surface area contributed by atoms with Crippen molar-refractivity contribution in [2.45, 2.75) is 59.0 Å². The Balaban J connectivity index is 2.37. The fraction of sp³-hybridized carbons (Fsp3) is 0.733. The van der Waals surface area contributed by atoms with Gasteiger partial charge in [0.05, 0.1) is 5.60 Å². The van der Waals surface area contributed by atoms with Gasteiger partial charge in [0.25, 0.3) is 0 Å². The molecule has 0 aromatic heterocycles. The summed E-state index contributed by atoms with van der Waals surface area (Å²) in [5.74, 6) is 0.906. The van der Waals surface area contributed by atoms with E-state index in [1.54, 1.807) is 11.1 Å². The highest BCUT2D eigenvalue weighted by Crippen LogP contribution is 2.45. The number of hydrogen-bond acceptors (Lipinski definition) is 1. The lowest BCUT2D eigenvalue weighted by molar-refractivity contribution is -0.00371. The SMILES string of the molecule is CC1=C[C@@H]2C(=C(C)CC[C@H]2C(C)(C)O)CC1. The number of allylic oxidation sites excluding steroid dienone is 4. The summed E-state index contributed by atoms with van der Waals surface area (Å²) in [5.41, 5.74) is 4.14. The topological polar surface area (TPSA) is 20.2 Å². The van der Waals surface area contributed by atoms with Gasteiger partial charge in [0.1, 0.15) is 0 Å². The molecule has 16 heavy (non-hydrogen) atoms. The minimum atomic E-state index is -0.551. The van der Waals surface area contributed by atoms with Crippen molar-refractivity contribution in [3.8, 4) is 0 Å². The zero-order valence-electron chi connectivity index (χ0n) is 11.0. The third-order valence-electron chi connectivity index (χ3n) is 4.37. The highest BCUT2D eigenvalue weighted by molar-refractivity contribution is 5.30. The zero-order chi connectivity index (χ0) is 11.9. The van der Waals surface area contributed by atoms with Crippen LogP contribution in [0.25, 0.3) is 0 Å². The molecule has 0 heterocycles. The number of rotatable bonds is 1. The number of aliphatic hydroxyl groups is 1. The maximum atomic E-state index is 10.3. The van der Waals surface area contributed by atoms with Crippen molar-refractivity contribution >= 4 is 0 Å². The lowest BCUT2D eigenvalue weighted by atomic mass is 9.65. The summed E-state index contributed by atoms with van der Waals surface area (Å²) >= 11 is 0. The molecule has 0 bridgehead atoms. The predicted molar refractivity (Wildman–Crippen MR) is 68.2 cm³/mol. The summed E-state index contributed by atoms with van der Waals surface area (Å²) in [7, 11) is 0. The van der Waals surface area contributed by atoms with Gasteiger partial charge in [0, 0.05) is 5.92 Å². The second-order valence-corrected chi connectivity index (χ2v) is 6.14. The second-order valence-electron chi connectivity index (χ2n) is 6.14. The van der Waals surface area contributed by atoms with Crippen molar-refractivity contribution < 1.29 is 5.11 Å². The van der Waals surface area contributed by atoms with Crippen LogP contribution in [0.2, 0.25) is 0 Å². The Labute approximate surface area is 99.3 Å². The molecule has 0 amide bonds. The van der Waals surface area contributed by atoms with E-state index in [0.29, 0.717) is 11.8 Å². The maximum absolute atomic E-state index is 10.3. The van der Waals surface area contributed by atoms with Crippen molar-refractivity contribution in [3.05, 3.63) is 22.8 Å². The molecule has 0 spiro atoms. The van der Waals surface area contributed by atoms with Gasteiger partial charge in [0.15, 0.2) is 0 Å². The Morgan fingerprint density at radius 2 is 1.88 bits per heavy atom. The Hall–Kier alpha value is -0.560. The first-order chi connectivity index (χ1) is 7.39. The molecule has 0 unspecified atom stereocenters. The summed E-state index contributed by atoms with van der Waals surface area (Å²) in [6.07, 6.45) is 7.14. The Bertz CT molecular complexity index is 341. The average molecular weight is 220 g/mol. The van der Waals surface area contributed by atoms with E-state index in [-0.39, 0.29) is 0 Å². The van der Waals surface area contributed by atoms with Gasteiger partial charge >= 0.3 is 0 Å². The van der Waals surface area contributed by atoms with Gasteiger partial charge in [-0.3, -0.25) is 0 Å². The molecular formula is C15H24O. The highest BCUT2D eigenvalue weighted by atomic mass is 16.3. The van der Waals surface area contributed by atoms with E-state index >= 15 is 0 Å². The minimum Gasteiger partial charge on any atom is -0.390 e. The molecule has 0 saturated carbocycles. The highest BCUT2D eigenvalue weighted by Gasteiger charge is 2.38. The van der Waals surface area contributed by atoms with Crippen LogP contribution in [0.1, 0.15) is 53.4 Å². The molecule has 0 fully saturated rings. The van der Waals surface area contributed by atoms with Crippen molar-refractivity contribution in [2.24, 2.45) is 11.8 Å². The molecule has 0 radical (unpaired) electrons. The quantitative estimate of drug-likeness (QED) is 0.666. The standard InChI is InChI=1S/C15H24O/c1-10-5-7-12-11(2)6-8-14(13(12)9-10)15(3,4)16/h9,13-14,16H,5-8H2,1-4H3/t13-,14-/m1/s1. The van der Waals surface area contributed by atoms with Crippen molar-refractivity contribution in [1.82, 2.24) is 0 Å². The smallest absolute Gasteiger partial charge is 0.0628 e. The van der Waals surface area contributed by atoms with Crippen LogP contribution < -0.4 is 0 Å². The molecule has 1 N–H and O–H groups in total. The second kappa shape index (κ2) is 4.03. The van der Waals surface area contributed by atoms with Gasteiger partial charge in [0.2, 0.25) is 0 Å². The van der Waals surface area contributed by atoms with Crippen molar-refractivity contribution in [3.63, 3.8) is 0 Å². The molecule has 0 aromatic carbocycles. The Morgan fingerprint density at radius 1 is 1.19 bits per heavy atom. The van der Waals surface area contributed by atoms with Crippen LogP contribution in [0.4, 0.5) is 0 Å². The van der Waals surface area contributed by atoms with E-state index in [1.165, 1.54) is 24.8 Å². The predicted octanol–water partition coefficient (Wildman–Crippen LogP) is 3.84. The van der Waals surface area contributed by atoms with Gasteiger partial charge in [-0.05, 0) is 59.3 Å². The van der Waals surface area contributed by atoms with E-state index < -0.39 is 5.60 Å². The molecular weight excluding hydrogens is 196 g/mol. The Kier molecular flexibility index (Phi) is 3.00. The normalized spacial score (nSPS) is 31.2. The molecule has 2 atom stereocenters. The third-order valence-corrected chi connectivity index (χ3v) is 4.37. The summed E-state index contributed by atoms with van der Waals surface area (Å²) in [6, 6.07) is 0. The van der Waals surface area contributed by atoms with Crippen molar-refractivity contribution in [1.29, 1.82) is 0 Å². The molecule has 1 nitrogen and oxygen atoms in total. The zero-order valence-corrected chi connectivity index (χ0v) is 11.0. The van der Waals surface area contributed by atoms with E-state index in [2.05, 4.69) is 19.9 Å². The van der Waals surface area contributed by atoms with E-state index in [0.717, 1.165) is 6.42 Å². The van der Waals surface area contributed by atoms with Crippen LogP contribution >= 0.6 is 0 Å². The fourth-order valence-corrected chi connectivity index (χ4v) is 3.35. The summed E-state index contributed by atoms with van der Waals surface area (Å²) in [5, 5.41) is 10.3. The number of hydrogen-bond donors (Lipinski definition) is 1. The third kappa shape index (κ3) is 2.10. The van der Waals surface area contributed by atoms with Crippen molar-refractivity contribution in [2.75, 3.05) is 0 Å². The molecule has 2 aliphatic rings. The lowest BCUT2D eigenvalue weighted by Crippen LogP contribution is -2.39. The van der Waals surface area contributed by atoms with Gasteiger partial charge in [-0.25, -0.2) is 0 Å². The first kappa shape index (κ1) is 11.9. The van der Waals surface area contributed by atoms with E-state index in [9.17, 15) is 5.11 Å². The molecule has 2 aliphatic carbocycles. The van der Waals surface area contributed by atoms with Gasteiger partial charge < -0.3 is 5.11 Å². The van der Waals surface area contributed by atoms with Crippen LogP contribution in [0, 0.1) is 11.8 Å². The lowest BCUT2D eigenvalue weighted by Gasteiger charge is -2.42. The monoisotopic (exact) mass is 220 g/mol. The minimum absolute atomic E-state index is 0.404. The van der Waals surface area contributed by atoms with Crippen LogP contribution in [-0.4, -0.2) is 10.7 Å². The van der Waals surface area contributed by atoms with Crippen LogP contribution in [0.15, 0.2) is 22.8 Å². The molecule has 0 aromatic rings. The van der Waals surface area contributed by atoms with Crippen LogP contribution in [-0.2, 0) is 0 Å². The van der Waals surface area contributed by atoms with E-state index in [1.807, 2.05) is 13.8 Å². The average Bonchev–Trinajstić information content (AvgIpc) is 2.15. The largest absolute Gasteiger partial charge is 0.390 e. The first-order valence-corrected chi connectivity index (χ1v) is 6.48. The molecule has 0 saturated heterocycles. The summed E-state index contributed by atoms with van der Waals surface area (Å²) in [4.78, 5) is 0. The number of fused-ring (bicyclic) bond motifs is 1. The van der Waals surface area contributed by atoms with Gasteiger partial charge in [-0.15, -0.1) is 0 Å². The van der Waals surface area contributed by atoms with Crippen LogP contribution in [0.3, 0.4) is 0 Å². The summed E-state index contributed by atoms with van der Waals surface area (Å²) < 4.78 is 0. The fourth-order valence-electron chi connectivity index (χ4n) is 3.35. The first-order valence-electron chi connectivity index (χ1n) is 6.48.